The molecule has 3 rings (SSSR count). The summed E-state index contributed by atoms with van der Waals surface area (Å²) < 4.78 is 50.0. The lowest BCUT2D eigenvalue weighted by Gasteiger charge is -2.36. The van der Waals surface area contributed by atoms with Crippen LogP contribution >= 0.6 is 34.8 Å². The SMILES string of the molecule is COc1cc(OC)c(NS(=O)(=O)c2cc(C(=O)OCC(=O)OC3CC(C)CCC3C(C)C)c(Cl)cc2Cl)cc1Cl. The van der Waals surface area contributed by atoms with Gasteiger partial charge in [-0.3, -0.25) is 4.72 Å². The molecule has 0 spiro atoms. The van der Waals surface area contributed by atoms with Crippen LogP contribution in [0.2, 0.25) is 15.1 Å². The van der Waals surface area contributed by atoms with Crippen molar-refractivity contribution >= 4 is 62.5 Å². The zero-order chi connectivity index (χ0) is 29.8. The number of halogens is 3. The summed E-state index contributed by atoms with van der Waals surface area (Å²) in [5, 5.41) is -0.284. The van der Waals surface area contributed by atoms with Crippen LogP contribution in [0.25, 0.3) is 0 Å². The van der Waals surface area contributed by atoms with E-state index in [2.05, 4.69) is 25.5 Å². The zero-order valence-corrected chi connectivity index (χ0v) is 25.8. The van der Waals surface area contributed by atoms with Crippen LogP contribution in [0.4, 0.5) is 5.69 Å². The average molecular weight is 637 g/mol. The third kappa shape index (κ3) is 7.66. The van der Waals surface area contributed by atoms with Crippen LogP contribution in [-0.2, 0) is 24.3 Å². The Kier molecular flexibility index (Phi) is 10.8. The van der Waals surface area contributed by atoms with E-state index >= 15 is 0 Å². The van der Waals surface area contributed by atoms with E-state index in [9.17, 15) is 18.0 Å². The molecule has 0 amide bonds. The Labute approximate surface area is 249 Å². The van der Waals surface area contributed by atoms with Gasteiger partial charge in [0.2, 0.25) is 0 Å². The normalized spacial score (nSPS) is 19.2. The highest BCUT2D eigenvalue weighted by Gasteiger charge is 2.34. The van der Waals surface area contributed by atoms with Gasteiger partial charge in [0.25, 0.3) is 10.0 Å². The number of methoxy groups -OCH3 is 2. The number of carbonyl (C=O) groups excluding carboxylic acids is 2. The number of rotatable bonds is 10. The molecule has 3 unspecified atom stereocenters. The minimum absolute atomic E-state index is 0.00271. The van der Waals surface area contributed by atoms with Gasteiger partial charge in [-0.2, -0.15) is 0 Å². The second-order valence-electron chi connectivity index (χ2n) is 9.99. The molecule has 1 fully saturated rings. The molecule has 3 atom stereocenters. The fourth-order valence-corrected chi connectivity index (χ4v) is 6.84. The first kappa shape index (κ1) is 32.1. The smallest absolute Gasteiger partial charge is 0.344 e. The molecule has 0 bridgehead atoms. The van der Waals surface area contributed by atoms with Crippen LogP contribution < -0.4 is 14.2 Å². The third-order valence-corrected chi connectivity index (χ3v) is 9.25. The second-order valence-corrected chi connectivity index (χ2v) is 12.9. The van der Waals surface area contributed by atoms with Crippen LogP contribution in [0, 0.1) is 17.8 Å². The number of ether oxygens (including phenoxy) is 4. The summed E-state index contributed by atoms with van der Waals surface area (Å²) in [7, 11) is -1.64. The number of carbonyl (C=O) groups is 2. The summed E-state index contributed by atoms with van der Waals surface area (Å²) in [6.07, 6.45) is 2.50. The minimum atomic E-state index is -4.38. The highest BCUT2D eigenvalue weighted by molar-refractivity contribution is 7.92. The molecular formula is C27H32Cl3NO8S. The maximum absolute atomic E-state index is 13.2. The molecular weight excluding hydrogens is 605 g/mol. The molecule has 1 saturated carbocycles. The van der Waals surface area contributed by atoms with E-state index in [4.69, 9.17) is 53.8 Å². The molecule has 13 heteroatoms. The molecule has 2 aromatic carbocycles. The van der Waals surface area contributed by atoms with Gasteiger partial charge < -0.3 is 18.9 Å². The quantitative estimate of drug-likeness (QED) is 0.289. The number of nitrogens with one attached hydrogen (secondary N) is 1. The van der Waals surface area contributed by atoms with E-state index in [1.54, 1.807) is 0 Å². The molecule has 0 radical (unpaired) electrons. The summed E-state index contributed by atoms with van der Waals surface area (Å²) >= 11 is 18.5. The van der Waals surface area contributed by atoms with Crippen LogP contribution in [-0.4, -0.2) is 47.3 Å². The lowest BCUT2D eigenvalue weighted by Crippen LogP contribution is -2.36. The zero-order valence-electron chi connectivity index (χ0n) is 22.8. The van der Waals surface area contributed by atoms with E-state index < -0.39 is 33.5 Å². The molecule has 0 heterocycles. The van der Waals surface area contributed by atoms with Crippen molar-refractivity contribution in [3.05, 3.63) is 44.9 Å². The van der Waals surface area contributed by atoms with Gasteiger partial charge in [-0.15, -0.1) is 0 Å². The van der Waals surface area contributed by atoms with Crippen molar-refractivity contribution in [1.29, 1.82) is 0 Å². The highest BCUT2D eigenvalue weighted by atomic mass is 35.5. The molecule has 1 aliphatic carbocycles. The van der Waals surface area contributed by atoms with E-state index in [-0.39, 0.29) is 49.8 Å². The van der Waals surface area contributed by atoms with Gasteiger partial charge in [-0.05, 0) is 48.8 Å². The second kappa shape index (κ2) is 13.5. The van der Waals surface area contributed by atoms with Gasteiger partial charge in [0.1, 0.15) is 22.5 Å². The molecule has 40 heavy (non-hydrogen) atoms. The highest BCUT2D eigenvalue weighted by Crippen LogP contribution is 2.38. The topological polar surface area (TPSA) is 117 Å². The van der Waals surface area contributed by atoms with Crippen molar-refractivity contribution in [1.82, 2.24) is 0 Å². The number of esters is 2. The van der Waals surface area contributed by atoms with Crippen LogP contribution in [0.3, 0.4) is 0 Å². The van der Waals surface area contributed by atoms with Gasteiger partial charge in [-0.1, -0.05) is 62.0 Å². The first-order chi connectivity index (χ1) is 18.8. The van der Waals surface area contributed by atoms with Crippen molar-refractivity contribution < 1.29 is 37.0 Å². The van der Waals surface area contributed by atoms with Gasteiger partial charge in [0, 0.05) is 6.07 Å². The van der Waals surface area contributed by atoms with Crippen molar-refractivity contribution in [3.8, 4) is 11.5 Å². The molecule has 220 valence electrons. The maximum atomic E-state index is 13.2. The Balaban J connectivity index is 1.77. The third-order valence-electron chi connectivity index (χ3n) is 6.81. The van der Waals surface area contributed by atoms with E-state index in [0.29, 0.717) is 11.8 Å². The lowest BCUT2D eigenvalue weighted by molar-refractivity contribution is -0.159. The van der Waals surface area contributed by atoms with E-state index in [0.717, 1.165) is 31.4 Å². The van der Waals surface area contributed by atoms with Crippen molar-refractivity contribution in [2.45, 2.75) is 51.0 Å². The predicted octanol–water partition coefficient (Wildman–Crippen LogP) is 6.63. The Morgan fingerprint density at radius 1 is 0.975 bits per heavy atom. The Morgan fingerprint density at radius 3 is 2.27 bits per heavy atom. The Morgan fingerprint density at radius 2 is 1.65 bits per heavy atom. The molecule has 2 aromatic rings. The number of hydrogen-bond donors (Lipinski definition) is 1. The van der Waals surface area contributed by atoms with Gasteiger partial charge in [0.05, 0.1) is 40.5 Å². The van der Waals surface area contributed by atoms with Crippen molar-refractivity contribution in [2.75, 3.05) is 25.5 Å². The maximum Gasteiger partial charge on any atom is 0.344 e. The Hall–Kier alpha value is -2.40. The molecule has 0 saturated heterocycles. The summed E-state index contributed by atoms with van der Waals surface area (Å²) in [5.74, 6) is -0.332. The van der Waals surface area contributed by atoms with Crippen molar-refractivity contribution in [3.63, 3.8) is 0 Å². The number of benzene rings is 2. The van der Waals surface area contributed by atoms with Gasteiger partial charge >= 0.3 is 11.9 Å². The number of sulfonamides is 1. The molecule has 1 N–H and O–H groups in total. The average Bonchev–Trinajstić information content (AvgIpc) is 2.87. The fourth-order valence-electron chi connectivity index (χ4n) is 4.69. The van der Waals surface area contributed by atoms with Crippen LogP contribution in [0.1, 0.15) is 50.4 Å². The summed E-state index contributed by atoms with van der Waals surface area (Å²) in [6.45, 7) is 5.63. The molecule has 1 aliphatic rings. The Bertz CT molecular complexity index is 1370. The van der Waals surface area contributed by atoms with Crippen LogP contribution in [0.15, 0.2) is 29.2 Å². The summed E-state index contributed by atoms with van der Waals surface area (Å²) in [4.78, 5) is 24.9. The van der Waals surface area contributed by atoms with Gasteiger partial charge in [-0.25, -0.2) is 18.0 Å². The lowest BCUT2D eigenvalue weighted by atomic mass is 9.75. The van der Waals surface area contributed by atoms with Gasteiger partial charge in [0.15, 0.2) is 6.61 Å². The summed E-state index contributed by atoms with van der Waals surface area (Å²) in [6, 6.07) is 4.78. The first-order valence-corrected chi connectivity index (χ1v) is 15.2. The molecule has 9 nitrogen and oxygen atoms in total. The predicted molar refractivity (Wildman–Crippen MR) is 153 cm³/mol. The molecule has 0 aromatic heterocycles. The minimum Gasteiger partial charge on any atom is -0.495 e. The summed E-state index contributed by atoms with van der Waals surface area (Å²) in [5.41, 5.74) is -0.298. The van der Waals surface area contributed by atoms with Crippen LogP contribution in [0.5, 0.6) is 11.5 Å². The van der Waals surface area contributed by atoms with Crippen molar-refractivity contribution in [2.24, 2.45) is 17.8 Å². The molecule has 0 aliphatic heterocycles. The van der Waals surface area contributed by atoms with E-state index in [1.165, 1.54) is 26.4 Å². The van der Waals surface area contributed by atoms with E-state index in [1.807, 2.05) is 0 Å². The first-order valence-electron chi connectivity index (χ1n) is 12.6. The standard InChI is InChI=1S/C27H32Cl3NO8S/c1-14(2)16-7-6-15(3)8-22(16)39-26(32)13-38-27(33)17-9-25(20(30)10-18(17)28)40(34,35)31-21-11-19(29)23(36-4)12-24(21)37-5/h9-12,14-16,22,31H,6-8,13H2,1-5H3. The number of hydrogen-bond acceptors (Lipinski definition) is 8. The largest absolute Gasteiger partial charge is 0.495 e. The number of anilines is 1. The fraction of sp³-hybridized carbons (Fsp3) is 0.481. The monoisotopic (exact) mass is 635 g/mol.